The molecule has 68 valence electrons. The molecule has 0 heterocycles. The first-order chi connectivity index (χ1) is 6.19. The van der Waals surface area contributed by atoms with Gasteiger partial charge in [-0.25, -0.2) is 0 Å². The van der Waals surface area contributed by atoms with Gasteiger partial charge in [0.25, 0.3) is 0 Å². The van der Waals surface area contributed by atoms with Gasteiger partial charge in [-0.3, -0.25) is 0 Å². The predicted molar refractivity (Wildman–Crippen MR) is 55.1 cm³/mol. The molecule has 1 aromatic carbocycles. The van der Waals surface area contributed by atoms with Gasteiger partial charge in [0, 0.05) is 10.0 Å². The van der Waals surface area contributed by atoms with Gasteiger partial charge in [0.2, 0.25) is 0 Å². The van der Waals surface area contributed by atoms with Gasteiger partial charge in [0.1, 0.15) is 0 Å². The third kappa shape index (κ3) is 2.37. The molecule has 1 nitrogen and oxygen atoms in total. The van der Waals surface area contributed by atoms with Crippen molar-refractivity contribution in [3.8, 4) is 6.07 Å². The molecule has 0 saturated carbocycles. The summed E-state index contributed by atoms with van der Waals surface area (Å²) in [4.78, 5) is 0. The summed E-state index contributed by atoms with van der Waals surface area (Å²) in [5, 5.41) is 10.1. The summed E-state index contributed by atoms with van der Waals surface area (Å²) < 4.78 is 0. The van der Waals surface area contributed by atoms with Crippen molar-refractivity contribution in [2.45, 2.75) is 19.3 Å². The summed E-state index contributed by atoms with van der Waals surface area (Å²) in [6, 6.07) is 7.39. The monoisotopic (exact) mass is 213 g/mol. The third-order valence-electron chi connectivity index (χ3n) is 1.90. The fourth-order valence-corrected chi connectivity index (χ4v) is 1.59. The van der Waals surface area contributed by atoms with Crippen LogP contribution in [0.15, 0.2) is 18.2 Å². The summed E-state index contributed by atoms with van der Waals surface area (Å²) in [5.74, 6) is -0.161. The molecule has 0 saturated heterocycles. The molecule has 0 aliphatic heterocycles. The molecule has 0 N–H and O–H groups in total. The molecule has 0 aliphatic rings. The summed E-state index contributed by atoms with van der Waals surface area (Å²) in [6.07, 6.45) is 0.747. The lowest BCUT2D eigenvalue weighted by Gasteiger charge is -2.08. The smallest absolute Gasteiger partial charge is 0.0725 e. The lowest BCUT2D eigenvalue weighted by atomic mass is 9.98. The quantitative estimate of drug-likeness (QED) is 0.729. The van der Waals surface area contributed by atoms with Crippen molar-refractivity contribution in [1.82, 2.24) is 0 Å². The molecule has 0 bridgehead atoms. The number of hydrogen-bond donors (Lipinski definition) is 0. The van der Waals surface area contributed by atoms with Gasteiger partial charge < -0.3 is 0 Å². The number of rotatable bonds is 2. The Bertz CT molecular complexity index is 341. The SMILES string of the molecule is CCC(C#N)c1cc(Cl)ccc1Cl. The zero-order valence-electron chi connectivity index (χ0n) is 7.22. The Balaban J connectivity index is 3.13. The van der Waals surface area contributed by atoms with Crippen molar-refractivity contribution >= 4 is 23.2 Å². The van der Waals surface area contributed by atoms with E-state index in [9.17, 15) is 0 Å². The van der Waals surface area contributed by atoms with Crippen LogP contribution in [0, 0.1) is 11.3 Å². The van der Waals surface area contributed by atoms with E-state index in [0.717, 1.165) is 12.0 Å². The Morgan fingerprint density at radius 1 is 1.46 bits per heavy atom. The van der Waals surface area contributed by atoms with Crippen LogP contribution in [0.1, 0.15) is 24.8 Å². The summed E-state index contributed by atoms with van der Waals surface area (Å²) >= 11 is 11.7. The highest BCUT2D eigenvalue weighted by atomic mass is 35.5. The van der Waals surface area contributed by atoms with E-state index in [0.29, 0.717) is 10.0 Å². The van der Waals surface area contributed by atoms with Crippen LogP contribution in [0.4, 0.5) is 0 Å². The number of halogens is 2. The van der Waals surface area contributed by atoms with Gasteiger partial charge in [-0.15, -0.1) is 0 Å². The highest BCUT2D eigenvalue weighted by Crippen LogP contribution is 2.28. The maximum atomic E-state index is 8.84. The first-order valence-electron chi connectivity index (χ1n) is 4.03. The second kappa shape index (κ2) is 4.50. The lowest BCUT2D eigenvalue weighted by molar-refractivity contribution is 0.818. The van der Waals surface area contributed by atoms with Crippen LogP contribution < -0.4 is 0 Å². The fraction of sp³-hybridized carbons (Fsp3) is 0.300. The number of benzene rings is 1. The Morgan fingerprint density at radius 3 is 2.69 bits per heavy atom. The first-order valence-corrected chi connectivity index (χ1v) is 4.79. The Kier molecular flexibility index (Phi) is 3.59. The van der Waals surface area contributed by atoms with Gasteiger partial charge in [-0.05, 0) is 30.2 Å². The van der Waals surface area contributed by atoms with Crippen LogP contribution in [0.2, 0.25) is 10.0 Å². The summed E-state index contributed by atoms with van der Waals surface area (Å²) in [7, 11) is 0. The van der Waals surface area contributed by atoms with Gasteiger partial charge in [0.05, 0.1) is 12.0 Å². The van der Waals surface area contributed by atoms with Crippen LogP contribution in [-0.4, -0.2) is 0 Å². The Morgan fingerprint density at radius 2 is 2.15 bits per heavy atom. The average Bonchev–Trinajstić information content (AvgIpc) is 2.13. The van der Waals surface area contributed by atoms with Crippen LogP contribution in [0.3, 0.4) is 0 Å². The van der Waals surface area contributed by atoms with Gasteiger partial charge >= 0.3 is 0 Å². The molecule has 0 aliphatic carbocycles. The van der Waals surface area contributed by atoms with Crippen molar-refractivity contribution in [3.05, 3.63) is 33.8 Å². The molecule has 1 rings (SSSR count). The molecular weight excluding hydrogens is 205 g/mol. The van der Waals surface area contributed by atoms with Crippen LogP contribution in [0.5, 0.6) is 0 Å². The molecule has 0 amide bonds. The number of nitrogens with zero attached hydrogens (tertiary/aromatic N) is 1. The topological polar surface area (TPSA) is 23.8 Å². The zero-order chi connectivity index (χ0) is 9.84. The van der Waals surface area contributed by atoms with Crippen molar-refractivity contribution in [3.63, 3.8) is 0 Å². The molecule has 1 atom stereocenters. The van der Waals surface area contributed by atoms with E-state index in [1.165, 1.54) is 0 Å². The second-order valence-electron chi connectivity index (χ2n) is 2.76. The minimum absolute atomic E-state index is 0.161. The Labute approximate surface area is 87.9 Å². The number of nitriles is 1. The zero-order valence-corrected chi connectivity index (χ0v) is 8.73. The van der Waals surface area contributed by atoms with E-state index in [1.54, 1.807) is 18.2 Å². The molecule has 1 unspecified atom stereocenters. The van der Waals surface area contributed by atoms with Gasteiger partial charge in [-0.2, -0.15) is 5.26 Å². The third-order valence-corrected chi connectivity index (χ3v) is 2.48. The van der Waals surface area contributed by atoms with E-state index in [-0.39, 0.29) is 5.92 Å². The summed E-state index contributed by atoms with van der Waals surface area (Å²) in [6.45, 7) is 1.95. The van der Waals surface area contributed by atoms with E-state index < -0.39 is 0 Å². The largest absolute Gasteiger partial charge is 0.198 e. The predicted octanol–water partition coefficient (Wildman–Crippen LogP) is 4.01. The number of hydrogen-bond acceptors (Lipinski definition) is 1. The maximum absolute atomic E-state index is 8.84. The van der Waals surface area contributed by atoms with Crippen molar-refractivity contribution in [2.24, 2.45) is 0 Å². The molecule has 3 heteroatoms. The van der Waals surface area contributed by atoms with Crippen LogP contribution in [0.25, 0.3) is 0 Å². The fourth-order valence-electron chi connectivity index (χ4n) is 1.16. The molecule has 1 aromatic rings. The van der Waals surface area contributed by atoms with Crippen molar-refractivity contribution in [2.75, 3.05) is 0 Å². The van der Waals surface area contributed by atoms with E-state index in [2.05, 4.69) is 6.07 Å². The molecule has 13 heavy (non-hydrogen) atoms. The highest BCUT2D eigenvalue weighted by molar-refractivity contribution is 6.33. The van der Waals surface area contributed by atoms with E-state index in [1.807, 2.05) is 6.92 Å². The minimum Gasteiger partial charge on any atom is -0.198 e. The van der Waals surface area contributed by atoms with E-state index in [4.69, 9.17) is 28.5 Å². The summed E-state index contributed by atoms with van der Waals surface area (Å²) in [5.41, 5.74) is 0.819. The van der Waals surface area contributed by atoms with Gasteiger partial charge in [0.15, 0.2) is 0 Å². The van der Waals surface area contributed by atoms with Crippen LogP contribution in [-0.2, 0) is 0 Å². The lowest BCUT2D eigenvalue weighted by Crippen LogP contribution is -1.94. The van der Waals surface area contributed by atoms with Gasteiger partial charge in [-0.1, -0.05) is 30.1 Å². The highest BCUT2D eigenvalue weighted by Gasteiger charge is 2.11. The molecule has 0 radical (unpaired) electrons. The van der Waals surface area contributed by atoms with E-state index >= 15 is 0 Å². The molecule has 0 aromatic heterocycles. The second-order valence-corrected chi connectivity index (χ2v) is 3.60. The standard InChI is InChI=1S/C10H9Cl2N/c1-2-7(6-13)9-5-8(11)3-4-10(9)12/h3-5,7H,2H2,1H3. The molecule has 0 fully saturated rings. The average molecular weight is 214 g/mol. The maximum Gasteiger partial charge on any atom is 0.0725 e. The first kappa shape index (κ1) is 10.4. The molecule has 0 spiro atoms. The van der Waals surface area contributed by atoms with Crippen LogP contribution >= 0.6 is 23.2 Å². The normalized spacial score (nSPS) is 12.2. The minimum atomic E-state index is -0.161. The van der Waals surface area contributed by atoms with Crippen molar-refractivity contribution < 1.29 is 0 Å². The Hall–Kier alpha value is -0.710. The molecular formula is C10H9Cl2N. The van der Waals surface area contributed by atoms with Crippen molar-refractivity contribution in [1.29, 1.82) is 5.26 Å².